The van der Waals surface area contributed by atoms with Crippen LogP contribution in [0.4, 0.5) is 4.39 Å². The van der Waals surface area contributed by atoms with E-state index in [0.29, 0.717) is 43.2 Å². The minimum Gasteiger partial charge on any atom is -0.493 e. The summed E-state index contributed by atoms with van der Waals surface area (Å²) >= 11 is 0. The second kappa shape index (κ2) is 11.0. The van der Waals surface area contributed by atoms with Gasteiger partial charge >= 0.3 is 0 Å². The van der Waals surface area contributed by atoms with E-state index in [1.54, 1.807) is 34.1 Å². The average molecular weight is 472 g/mol. The Morgan fingerprint density at radius 2 is 1.53 bits per heavy atom. The quantitative estimate of drug-likeness (QED) is 0.671. The van der Waals surface area contributed by atoms with E-state index < -0.39 is 17.8 Å². The Morgan fingerprint density at radius 3 is 2.12 bits per heavy atom. The Bertz CT molecular complexity index is 1050. The molecule has 1 saturated heterocycles. The molecule has 1 heterocycles. The van der Waals surface area contributed by atoms with Gasteiger partial charge in [-0.05, 0) is 36.2 Å². The SMILES string of the molecule is COc1ccc(C(=O)N2CCN(C(=O)C(NC(=O)c3ccccc3F)C(C)C)CC2)cc1OC. The van der Waals surface area contributed by atoms with Crippen LogP contribution in [0, 0.1) is 11.7 Å². The monoisotopic (exact) mass is 471 g/mol. The maximum atomic E-state index is 14.0. The number of carbonyl (C=O) groups excluding carboxylic acids is 3. The molecule has 3 rings (SSSR count). The number of nitrogens with zero attached hydrogens (tertiary/aromatic N) is 2. The minimum absolute atomic E-state index is 0.105. The summed E-state index contributed by atoms with van der Waals surface area (Å²) < 4.78 is 24.5. The van der Waals surface area contributed by atoms with E-state index in [4.69, 9.17) is 9.47 Å². The first kappa shape index (κ1) is 25.0. The number of amides is 3. The summed E-state index contributed by atoms with van der Waals surface area (Å²) in [6.07, 6.45) is 0. The molecule has 1 aliphatic rings. The minimum atomic E-state index is -0.805. The molecule has 0 spiro atoms. The van der Waals surface area contributed by atoms with Crippen LogP contribution in [0.15, 0.2) is 42.5 Å². The fourth-order valence-electron chi connectivity index (χ4n) is 3.86. The molecule has 182 valence electrons. The van der Waals surface area contributed by atoms with Gasteiger partial charge in [0.05, 0.1) is 19.8 Å². The summed E-state index contributed by atoms with van der Waals surface area (Å²) in [5.41, 5.74) is 0.362. The molecule has 1 aliphatic heterocycles. The van der Waals surface area contributed by atoms with Crippen LogP contribution < -0.4 is 14.8 Å². The van der Waals surface area contributed by atoms with Crippen LogP contribution in [0.25, 0.3) is 0 Å². The number of ether oxygens (including phenoxy) is 2. The molecule has 9 heteroatoms. The highest BCUT2D eigenvalue weighted by Crippen LogP contribution is 2.28. The fraction of sp³-hybridized carbons (Fsp3) is 0.400. The third-order valence-corrected chi connectivity index (χ3v) is 5.85. The molecule has 2 aromatic carbocycles. The van der Waals surface area contributed by atoms with Crippen molar-refractivity contribution >= 4 is 17.7 Å². The van der Waals surface area contributed by atoms with Gasteiger partial charge in [-0.3, -0.25) is 14.4 Å². The Hall–Kier alpha value is -3.62. The van der Waals surface area contributed by atoms with Gasteiger partial charge in [0, 0.05) is 31.7 Å². The Kier molecular flexibility index (Phi) is 8.09. The van der Waals surface area contributed by atoms with Crippen LogP contribution in [0.3, 0.4) is 0 Å². The lowest BCUT2D eigenvalue weighted by molar-refractivity contribution is -0.135. The largest absolute Gasteiger partial charge is 0.493 e. The van der Waals surface area contributed by atoms with Crippen LogP contribution in [-0.2, 0) is 4.79 Å². The van der Waals surface area contributed by atoms with Crippen LogP contribution in [0.2, 0.25) is 0 Å². The normalized spacial score (nSPS) is 14.5. The molecular formula is C25H30FN3O5. The van der Waals surface area contributed by atoms with Crippen molar-refractivity contribution in [2.45, 2.75) is 19.9 Å². The molecule has 2 aromatic rings. The van der Waals surface area contributed by atoms with Gasteiger partial charge in [0.2, 0.25) is 5.91 Å². The molecule has 0 saturated carbocycles. The Morgan fingerprint density at radius 1 is 0.912 bits per heavy atom. The van der Waals surface area contributed by atoms with E-state index >= 15 is 0 Å². The van der Waals surface area contributed by atoms with Gasteiger partial charge in [0.25, 0.3) is 11.8 Å². The third kappa shape index (κ3) is 5.47. The van der Waals surface area contributed by atoms with Crippen molar-refractivity contribution in [3.05, 3.63) is 59.4 Å². The third-order valence-electron chi connectivity index (χ3n) is 5.85. The number of hydrogen-bond acceptors (Lipinski definition) is 5. The Balaban J connectivity index is 1.64. The van der Waals surface area contributed by atoms with Crippen LogP contribution in [-0.4, -0.2) is 74.0 Å². The van der Waals surface area contributed by atoms with Gasteiger partial charge < -0.3 is 24.6 Å². The number of carbonyl (C=O) groups is 3. The fourth-order valence-corrected chi connectivity index (χ4v) is 3.86. The molecular weight excluding hydrogens is 441 g/mol. The average Bonchev–Trinajstić information content (AvgIpc) is 2.86. The molecule has 1 unspecified atom stereocenters. The summed E-state index contributed by atoms with van der Waals surface area (Å²) in [6.45, 7) is 5.01. The number of benzene rings is 2. The first-order valence-corrected chi connectivity index (χ1v) is 11.1. The zero-order chi connectivity index (χ0) is 24.8. The predicted octanol–water partition coefficient (Wildman–Crippen LogP) is 2.58. The molecule has 34 heavy (non-hydrogen) atoms. The molecule has 0 aromatic heterocycles. The van der Waals surface area contributed by atoms with E-state index in [1.165, 1.54) is 32.4 Å². The topological polar surface area (TPSA) is 88.2 Å². The molecule has 3 amide bonds. The summed E-state index contributed by atoms with van der Waals surface area (Å²) in [4.78, 5) is 42.0. The highest BCUT2D eigenvalue weighted by atomic mass is 19.1. The first-order valence-electron chi connectivity index (χ1n) is 11.1. The van der Waals surface area contributed by atoms with Gasteiger partial charge in [-0.15, -0.1) is 0 Å². The van der Waals surface area contributed by atoms with Crippen molar-refractivity contribution in [2.75, 3.05) is 40.4 Å². The lowest BCUT2D eigenvalue weighted by Crippen LogP contribution is -2.57. The molecule has 1 atom stereocenters. The zero-order valence-electron chi connectivity index (χ0n) is 19.8. The summed E-state index contributed by atoms with van der Waals surface area (Å²) in [6, 6.07) is 9.83. The lowest BCUT2D eigenvalue weighted by atomic mass is 10.0. The van der Waals surface area contributed by atoms with Crippen LogP contribution in [0.1, 0.15) is 34.6 Å². The number of piperazine rings is 1. The van der Waals surface area contributed by atoms with Gasteiger partial charge in [0.1, 0.15) is 11.9 Å². The number of hydrogen-bond donors (Lipinski definition) is 1. The van der Waals surface area contributed by atoms with Crippen molar-refractivity contribution in [3.8, 4) is 11.5 Å². The van der Waals surface area contributed by atoms with Crippen LogP contribution >= 0.6 is 0 Å². The van der Waals surface area contributed by atoms with Crippen molar-refractivity contribution in [2.24, 2.45) is 5.92 Å². The maximum Gasteiger partial charge on any atom is 0.254 e. The molecule has 1 fully saturated rings. The summed E-state index contributed by atoms with van der Waals surface area (Å²) in [7, 11) is 3.03. The molecule has 1 N–H and O–H groups in total. The van der Waals surface area contributed by atoms with E-state index in [9.17, 15) is 18.8 Å². The molecule has 8 nitrogen and oxygen atoms in total. The van der Waals surface area contributed by atoms with E-state index in [-0.39, 0.29) is 23.3 Å². The van der Waals surface area contributed by atoms with E-state index in [1.807, 2.05) is 13.8 Å². The van der Waals surface area contributed by atoms with Gasteiger partial charge in [-0.1, -0.05) is 26.0 Å². The molecule has 0 bridgehead atoms. The highest BCUT2D eigenvalue weighted by molar-refractivity contribution is 5.98. The van der Waals surface area contributed by atoms with Crippen molar-refractivity contribution in [1.82, 2.24) is 15.1 Å². The lowest BCUT2D eigenvalue weighted by Gasteiger charge is -2.37. The smallest absolute Gasteiger partial charge is 0.254 e. The van der Waals surface area contributed by atoms with E-state index in [0.717, 1.165) is 0 Å². The van der Waals surface area contributed by atoms with Gasteiger partial charge in [-0.25, -0.2) is 4.39 Å². The standard InChI is InChI=1S/C25H30FN3O5/c1-16(2)22(27-23(30)18-7-5-6-8-19(18)26)25(32)29-13-11-28(12-14-29)24(31)17-9-10-20(33-3)21(15-17)34-4/h5-10,15-16,22H,11-14H2,1-4H3,(H,27,30). The van der Waals surface area contributed by atoms with E-state index in [2.05, 4.69) is 5.32 Å². The van der Waals surface area contributed by atoms with Crippen molar-refractivity contribution < 1.29 is 28.2 Å². The highest BCUT2D eigenvalue weighted by Gasteiger charge is 2.32. The number of rotatable bonds is 7. The second-order valence-corrected chi connectivity index (χ2v) is 8.36. The number of nitrogens with one attached hydrogen (secondary N) is 1. The van der Waals surface area contributed by atoms with Gasteiger partial charge in [0.15, 0.2) is 11.5 Å². The number of methoxy groups -OCH3 is 2. The van der Waals surface area contributed by atoms with Gasteiger partial charge in [-0.2, -0.15) is 0 Å². The summed E-state index contributed by atoms with van der Waals surface area (Å²) in [5.74, 6) is -0.891. The molecule has 0 aliphatic carbocycles. The number of halogens is 1. The van der Waals surface area contributed by atoms with Crippen molar-refractivity contribution in [1.29, 1.82) is 0 Å². The Labute approximate surface area is 198 Å². The van der Waals surface area contributed by atoms with Crippen molar-refractivity contribution in [3.63, 3.8) is 0 Å². The second-order valence-electron chi connectivity index (χ2n) is 8.36. The zero-order valence-corrected chi connectivity index (χ0v) is 19.8. The first-order chi connectivity index (χ1) is 16.3. The summed E-state index contributed by atoms with van der Waals surface area (Å²) in [5, 5.41) is 2.68. The van der Waals surface area contributed by atoms with Crippen LogP contribution in [0.5, 0.6) is 11.5 Å². The predicted molar refractivity (Wildman–Crippen MR) is 125 cm³/mol. The maximum absolute atomic E-state index is 14.0. The molecule has 0 radical (unpaired) electrons.